The number of rotatable bonds is 5. The maximum absolute atomic E-state index is 11.9. The molecule has 1 aromatic carbocycles. The van der Waals surface area contributed by atoms with Gasteiger partial charge in [0.05, 0.1) is 6.04 Å². The minimum atomic E-state index is -0.577. The Hall–Kier alpha value is -2.08. The summed E-state index contributed by atoms with van der Waals surface area (Å²) >= 11 is 0. The van der Waals surface area contributed by atoms with Crippen LogP contribution in [0.4, 0.5) is 4.79 Å². The standard InChI is InChI=1S/C16H25N3O3/c1-5-18-14(20)12-8-6-7-11(9-12)13(10-17)19-15(21)22-16(2,3)4/h6-9,13H,5,10,17H2,1-4H3,(H,18,20)(H,19,21). The Morgan fingerprint density at radius 1 is 1.32 bits per heavy atom. The van der Waals surface area contributed by atoms with Crippen LogP contribution in [0.3, 0.4) is 0 Å². The average molecular weight is 307 g/mol. The van der Waals surface area contributed by atoms with Crippen molar-refractivity contribution in [1.82, 2.24) is 10.6 Å². The molecule has 1 unspecified atom stereocenters. The van der Waals surface area contributed by atoms with Crippen LogP contribution in [-0.2, 0) is 4.74 Å². The predicted molar refractivity (Wildman–Crippen MR) is 85.6 cm³/mol. The van der Waals surface area contributed by atoms with E-state index in [2.05, 4.69) is 10.6 Å². The highest BCUT2D eigenvalue weighted by atomic mass is 16.6. The normalized spacial score (nSPS) is 12.4. The van der Waals surface area contributed by atoms with Crippen LogP contribution in [-0.4, -0.2) is 30.7 Å². The van der Waals surface area contributed by atoms with E-state index in [-0.39, 0.29) is 12.5 Å². The van der Waals surface area contributed by atoms with E-state index in [4.69, 9.17) is 10.5 Å². The lowest BCUT2D eigenvalue weighted by molar-refractivity contribution is 0.0505. The first kappa shape index (κ1) is 18.0. The third-order valence-corrected chi connectivity index (χ3v) is 2.82. The molecule has 0 aromatic heterocycles. The number of carbonyl (C=O) groups is 2. The van der Waals surface area contributed by atoms with Crippen LogP contribution < -0.4 is 16.4 Å². The van der Waals surface area contributed by atoms with Crippen LogP contribution in [0.2, 0.25) is 0 Å². The van der Waals surface area contributed by atoms with E-state index < -0.39 is 17.7 Å². The highest BCUT2D eigenvalue weighted by Crippen LogP contribution is 2.15. The first-order valence-corrected chi connectivity index (χ1v) is 7.34. The van der Waals surface area contributed by atoms with Crippen molar-refractivity contribution in [2.75, 3.05) is 13.1 Å². The lowest BCUT2D eigenvalue weighted by Gasteiger charge is -2.23. The average Bonchev–Trinajstić information content (AvgIpc) is 2.43. The van der Waals surface area contributed by atoms with Crippen molar-refractivity contribution < 1.29 is 14.3 Å². The molecule has 1 rings (SSSR count). The zero-order valence-electron chi connectivity index (χ0n) is 13.6. The number of benzene rings is 1. The summed E-state index contributed by atoms with van der Waals surface area (Å²) in [6.07, 6.45) is -0.536. The third-order valence-electron chi connectivity index (χ3n) is 2.82. The molecule has 0 heterocycles. The second kappa shape index (κ2) is 7.79. The van der Waals surface area contributed by atoms with Crippen molar-refractivity contribution in [1.29, 1.82) is 0 Å². The van der Waals surface area contributed by atoms with Crippen molar-refractivity contribution in [2.24, 2.45) is 5.73 Å². The van der Waals surface area contributed by atoms with Crippen molar-refractivity contribution in [3.63, 3.8) is 0 Å². The van der Waals surface area contributed by atoms with E-state index in [0.29, 0.717) is 12.1 Å². The fourth-order valence-corrected chi connectivity index (χ4v) is 1.89. The van der Waals surface area contributed by atoms with Gasteiger partial charge in [0.2, 0.25) is 0 Å². The summed E-state index contributed by atoms with van der Waals surface area (Å²) in [5.74, 6) is -0.155. The van der Waals surface area contributed by atoms with Gasteiger partial charge in [-0.15, -0.1) is 0 Å². The molecule has 0 saturated carbocycles. The molecule has 0 aliphatic carbocycles. The monoisotopic (exact) mass is 307 g/mol. The van der Waals surface area contributed by atoms with E-state index in [1.165, 1.54) is 0 Å². The fraction of sp³-hybridized carbons (Fsp3) is 0.500. The lowest BCUT2D eigenvalue weighted by atomic mass is 10.0. The minimum Gasteiger partial charge on any atom is -0.444 e. The number of carbonyl (C=O) groups excluding carboxylic acids is 2. The highest BCUT2D eigenvalue weighted by molar-refractivity contribution is 5.94. The van der Waals surface area contributed by atoms with Gasteiger partial charge in [0.15, 0.2) is 0 Å². The van der Waals surface area contributed by atoms with Gasteiger partial charge in [-0.3, -0.25) is 4.79 Å². The number of nitrogens with one attached hydrogen (secondary N) is 2. The van der Waals surface area contributed by atoms with Gasteiger partial charge in [0.1, 0.15) is 5.60 Å². The number of hydrogen-bond donors (Lipinski definition) is 3. The maximum Gasteiger partial charge on any atom is 0.408 e. The van der Waals surface area contributed by atoms with Gasteiger partial charge in [0, 0.05) is 18.7 Å². The van der Waals surface area contributed by atoms with Gasteiger partial charge >= 0.3 is 6.09 Å². The number of amides is 2. The molecule has 4 N–H and O–H groups in total. The molecule has 122 valence electrons. The highest BCUT2D eigenvalue weighted by Gasteiger charge is 2.20. The molecule has 1 aromatic rings. The quantitative estimate of drug-likeness (QED) is 0.775. The van der Waals surface area contributed by atoms with E-state index in [0.717, 1.165) is 5.56 Å². The SMILES string of the molecule is CCNC(=O)c1cccc(C(CN)NC(=O)OC(C)(C)C)c1. The third kappa shape index (κ3) is 5.73. The van der Waals surface area contributed by atoms with Gasteiger partial charge in [-0.25, -0.2) is 4.79 Å². The van der Waals surface area contributed by atoms with Gasteiger partial charge in [-0.05, 0) is 45.4 Å². The summed E-state index contributed by atoms with van der Waals surface area (Å²) in [4.78, 5) is 23.7. The molecule has 0 aliphatic rings. The molecule has 0 saturated heterocycles. The smallest absolute Gasteiger partial charge is 0.408 e. The van der Waals surface area contributed by atoms with Crippen LogP contribution in [0, 0.1) is 0 Å². The molecule has 0 spiro atoms. The zero-order chi connectivity index (χ0) is 16.8. The summed E-state index contributed by atoms with van der Waals surface area (Å²) < 4.78 is 5.22. The first-order chi connectivity index (χ1) is 10.3. The second-order valence-corrected chi connectivity index (χ2v) is 5.92. The Labute approximate surface area is 131 Å². The second-order valence-electron chi connectivity index (χ2n) is 5.92. The number of hydrogen-bond acceptors (Lipinski definition) is 4. The Bertz CT molecular complexity index is 524. The van der Waals surface area contributed by atoms with Gasteiger partial charge in [-0.2, -0.15) is 0 Å². The molecule has 0 aliphatic heterocycles. The molecule has 6 heteroatoms. The number of ether oxygens (including phenoxy) is 1. The van der Waals surface area contributed by atoms with E-state index in [1.807, 2.05) is 13.0 Å². The zero-order valence-corrected chi connectivity index (χ0v) is 13.6. The first-order valence-electron chi connectivity index (χ1n) is 7.34. The van der Waals surface area contributed by atoms with Crippen LogP contribution in [0.15, 0.2) is 24.3 Å². The molecule has 0 bridgehead atoms. The van der Waals surface area contributed by atoms with Crippen molar-refractivity contribution in [2.45, 2.75) is 39.3 Å². The van der Waals surface area contributed by atoms with Crippen LogP contribution in [0.1, 0.15) is 49.7 Å². The predicted octanol–water partition coefficient (Wildman–Crippen LogP) is 1.96. The molecule has 6 nitrogen and oxygen atoms in total. The molecule has 22 heavy (non-hydrogen) atoms. The molecular formula is C16H25N3O3. The largest absolute Gasteiger partial charge is 0.444 e. The lowest BCUT2D eigenvalue weighted by Crippen LogP contribution is -2.37. The molecule has 2 amide bonds. The Balaban J connectivity index is 2.84. The minimum absolute atomic E-state index is 0.155. The molecule has 0 fully saturated rings. The maximum atomic E-state index is 11.9. The van der Waals surface area contributed by atoms with Gasteiger partial charge < -0.3 is 21.1 Å². The molecular weight excluding hydrogens is 282 g/mol. The number of nitrogens with two attached hydrogens (primary N) is 1. The van der Waals surface area contributed by atoms with Crippen LogP contribution >= 0.6 is 0 Å². The topological polar surface area (TPSA) is 93.5 Å². The Morgan fingerprint density at radius 3 is 2.55 bits per heavy atom. The summed E-state index contributed by atoms with van der Waals surface area (Å²) in [6, 6.07) is 6.61. The van der Waals surface area contributed by atoms with Crippen LogP contribution in [0.5, 0.6) is 0 Å². The van der Waals surface area contributed by atoms with Crippen molar-refractivity contribution >= 4 is 12.0 Å². The van der Waals surface area contributed by atoms with Gasteiger partial charge in [-0.1, -0.05) is 12.1 Å². The van der Waals surface area contributed by atoms with Gasteiger partial charge in [0.25, 0.3) is 5.91 Å². The Morgan fingerprint density at radius 2 is 2.00 bits per heavy atom. The fourth-order valence-electron chi connectivity index (χ4n) is 1.89. The molecule has 1 atom stereocenters. The summed E-state index contributed by atoms with van der Waals surface area (Å²) in [5, 5.41) is 5.46. The summed E-state index contributed by atoms with van der Waals surface area (Å²) in [7, 11) is 0. The number of alkyl carbamates (subject to hydrolysis) is 1. The Kier molecular flexibility index (Phi) is 6.37. The van der Waals surface area contributed by atoms with Crippen LogP contribution in [0.25, 0.3) is 0 Å². The van der Waals surface area contributed by atoms with E-state index in [1.54, 1.807) is 39.0 Å². The molecule has 0 radical (unpaired) electrons. The van der Waals surface area contributed by atoms with Crippen molar-refractivity contribution in [3.8, 4) is 0 Å². The van der Waals surface area contributed by atoms with E-state index in [9.17, 15) is 9.59 Å². The summed E-state index contributed by atoms with van der Waals surface area (Å²) in [6.45, 7) is 7.99. The summed E-state index contributed by atoms with van der Waals surface area (Å²) in [5.41, 5.74) is 6.45. The van der Waals surface area contributed by atoms with E-state index >= 15 is 0 Å². The van der Waals surface area contributed by atoms with Crippen molar-refractivity contribution in [3.05, 3.63) is 35.4 Å².